The highest BCUT2D eigenvalue weighted by Gasteiger charge is 2.65. The Balaban J connectivity index is 1.69. The minimum Gasteiger partial charge on any atom is -0.361 e. The number of amides is 4. The van der Waals surface area contributed by atoms with E-state index in [1.165, 1.54) is 4.90 Å². The van der Waals surface area contributed by atoms with Crippen LogP contribution in [0, 0.1) is 5.41 Å². The van der Waals surface area contributed by atoms with Gasteiger partial charge >= 0.3 is 12.2 Å². The van der Waals surface area contributed by atoms with Crippen molar-refractivity contribution in [1.82, 2.24) is 15.6 Å². The molecule has 1 aromatic carbocycles. The number of nitrogens with one attached hydrogen (secondary N) is 2. The number of halogens is 3. The molecule has 2 aromatic rings. The van der Waals surface area contributed by atoms with Crippen molar-refractivity contribution in [2.45, 2.75) is 44.2 Å². The number of alkyl halides is 3. The zero-order chi connectivity index (χ0) is 24.3. The number of fused-ring (bicyclic) bond motifs is 4. The summed E-state index contributed by atoms with van der Waals surface area (Å²) < 4.78 is 46.7. The molecule has 0 unspecified atom stereocenters. The maximum atomic E-state index is 13.7. The second-order valence-corrected chi connectivity index (χ2v) is 8.68. The molecule has 0 bridgehead atoms. The van der Waals surface area contributed by atoms with Gasteiger partial charge in [0.15, 0.2) is 11.5 Å². The summed E-state index contributed by atoms with van der Waals surface area (Å²) in [5.41, 5.74) is 0.689. The van der Waals surface area contributed by atoms with Gasteiger partial charge in [0.25, 0.3) is 0 Å². The van der Waals surface area contributed by atoms with Crippen LogP contribution in [0.25, 0.3) is 11.1 Å². The van der Waals surface area contributed by atoms with Crippen molar-refractivity contribution in [2.24, 2.45) is 5.41 Å². The first-order chi connectivity index (χ1) is 16.1. The number of nitrogens with zero attached hydrogens (tertiary/aromatic N) is 2. The molecule has 0 saturated carbocycles. The van der Waals surface area contributed by atoms with E-state index in [9.17, 15) is 27.6 Å². The Morgan fingerprint density at radius 2 is 1.88 bits per heavy atom. The van der Waals surface area contributed by atoms with E-state index in [0.29, 0.717) is 11.3 Å². The van der Waals surface area contributed by atoms with Crippen LogP contribution in [0.15, 0.2) is 42.7 Å². The van der Waals surface area contributed by atoms with Gasteiger partial charge in [0.05, 0.1) is 18.7 Å². The Bertz CT molecular complexity index is 1150. The van der Waals surface area contributed by atoms with E-state index < -0.39 is 54.2 Å². The van der Waals surface area contributed by atoms with Crippen molar-refractivity contribution in [3.8, 4) is 11.1 Å². The topological polar surface area (TPSA) is 101 Å². The van der Waals surface area contributed by atoms with Gasteiger partial charge in [0, 0.05) is 18.1 Å². The number of hydrogen-bond donors (Lipinski definition) is 2. The molecule has 2 saturated heterocycles. The number of aromatic nitrogens is 1. The number of ether oxygens (including phenoxy) is 1. The van der Waals surface area contributed by atoms with Gasteiger partial charge in [-0.05, 0) is 47.7 Å². The maximum Gasteiger partial charge on any atom is 0.416 e. The predicted molar refractivity (Wildman–Crippen MR) is 114 cm³/mol. The van der Waals surface area contributed by atoms with Crippen LogP contribution in [0.5, 0.6) is 0 Å². The highest BCUT2D eigenvalue weighted by atomic mass is 19.4. The molecule has 2 fully saturated rings. The van der Waals surface area contributed by atoms with Crippen molar-refractivity contribution in [1.29, 1.82) is 0 Å². The number of hydrogen-bond acceptors (Lipinski definition) is 6. The molecule has 8 nitrogen and oxygen atoms in total. The molecule has 5 rings (SSSR count). The van der Waals surface area contributed by atoms with Crippen molar-refractivity contribution in [2.75, 3.05) is 11.4 Å². The number of morpholine rings is 1. The van der Waals surface area contributed by atoms with E-state index in [1.54, 1.807) is 43.6 Å². The number of rotatable bonds is 2. The molecule has 178 valence electrons. The Morgan fingerprint density at radius 1 is 1.15 bits per heavy atom. The zero-order valence-electron chi connectivity index (χ0n) is 18.1. The van der Waals surface area contributed by atoms with Crippen LogP contribution < -0.4 is 15.5 Å². The summed E-state index contributed by atoms with van der Waals surface area (Å²) in [7, 11) is 0. The van der Waals surface area contributed by atoms with Crippen LogP contribution >= 0.6 is 0 Å². The van der Waals surface area contributed by atoms with E-state index in [4.69, 9.17) is 4.74 Å². The normalized spacial score (nSPS) is 25.9. The quantitative estimate of drug-likeness (QED) is 0.649. The van der Waals surface area contributed by atoms with Crippen molar-refractivity contribution >= 4 is 23.5 Å². The van der Waals surface area contributed by atoms with E-state index in [2.05, 4.69) is 15.6 Å². The highest BCUT2D eigenvalue weighted by molar-refractivity contribution is 6.20. The summed E-state index contributed by atoms with van der Waals surface area (Å²) in [6, 6.07) is 6.82. The molecule has 4 heterocycles. The summed E-state index contributed by atoms with van der Waals surface area (Å²) in [5, 5.41) is 4.28. The number of carbonyl (C=O) groups is 3. The van der Waals surface area contributed by atoms with Crippen LogP contribution in [0.4, 0.5) is 23.7 Å². The van der Waals surface area contributed by atoms with Crippen LogP contribution in [0.2, 0.25) is 0 Å². The molecule has 4 amide bonds. The van der Waals surface area contributed by atoms with Crippen LogP contribution in [0.1, 0.15) is 18.9 Å². The zero-order valence-corrected chi connectivity index (χ0v) is 18.1. The van der Waals surface area contributed by atoms with Gasteiger partial charge in [-0.2, -0.15) is 13.2 Å². The minimum absolute atomic E-state index is 0.0981. The summed E-state index contributed by atoms with van der Waals surface area (Å²) in [4.78, 5) is 43.9. The second kappa shape index (κ2) is 7.79. The predicted octanol–water partition coefficient (Wildman–Crippen LogP) is 2.57. The van der Waals surface area contributed by atoms with Crippen molar-refractivity contribution < 1.29 is 32.3 Å². The van der Waals surface area contributed by atoms with Gasteiger partial charge in [0.2, 0.25) is 11.8 Å². The molecular weight excluding hydrogens is 453 g/mol. The summed E-state index contributed by atoms with van der Waals surface area (Å²) in [6.45, 7) is 1.06. The Hall–Kier alpha value is -3.47. The summed E-state index contributed by atoms with van der Waals surface area (Å²) >= 11 is 0. The third kappa shape index (κ3) is 3.33. The smallest absolute Gasteiger partial charge is 0.361 e. The fourth-order valence-electron chi connectivity index (χ4n) is 5.27. The molecule has 3 atom stereocenters. The first kappa shape index (κ1) is 22.3. The van der Waals surface area contributed by atoms with E-state index >= 15 is 0 Å². The molecule has 11 heteroatoms. The number of barbiturate groups is 1. The Labute approximate surface area is 192 Å². The lowest BCUT2D eigenvalue weighted by molar-refractivity contribution is -0.245. The standard InChI is InChI=1S/C23H21F3N4O4/c1-2-16-18-22(19(31)28-21(33)29-20(22)32)9-14-8-12(13-4-3-7-27-10-13)5-6-15(14)30(18)11-17(34-16)23(24,25)26/h3-8,10,16-18H,2,9,11H2,1H3,(H2,28,29,31,32,33)/t16-,17-,18+/m0/s1. The molecule has 1 spiro atoms. The van der Waals surface area contributed by atoms with Gasteiger partial charge < -0.3 is 9.64 Å². The molecular formula is C23H21F3N4O4. The first-order valence-corrected chi connectivity index (χ1v) is 10.8. The SMILES string of the molecule is CC[C@@H]1O[C@H](C(F)(F)F)CN2c3ccc(-c4cccnc4)cc3CC3(C(=O)NC(=O)NC3=O)[C@@H]12. The average molecular weight is 474 g/mol. The van der Waals surface area contributed by atoms with E-state index in [-0.39, 0.29) is 12.8 Å². The van der Waals surface area contributed by atoms with Crippen LogP contribution in [-0.4, -0.2) is 53.8 Å². The minimum atomic E-state index is -4.63. The lowest BCUT2D eigenvalue weighted by Gasteiger charge is -2.56. The van der Waals surface area contributed by atoms with E-state index in [0.717, 1.165) is 11.1 Å². The third-order valence-electron chi connectivity index (χ3n) is 6.78. The number of carbonyl (C=O) groups excluding carboxylic acids is 3. The van der Waals surface area contributed by atoms with E-state index in [1.807, 2.05) is 6.07 Å². The largest absolute Gasteiger partial charge is 0.416 e. The fraction of sp³-hybridized carbons (Fsp3) is 0.391. The number of anilines is 1. The number of urea groups is 1. The average Bonchev–Trinajstić information content (AvgIpc) is 2.81. The number of benzene rings is 1. The van der Waals surface area contributed by atoms with Crippen LogP contribution in [0.3, 0.4) is 0 Å². The number of imide groups is 2. The molecule has 0 radical (unpaired) electrons. The van der Waals surface area contributed by atoms with Gasteiger partial charge in [-0.3, -0.25) is 25.2 Å². The first-order valence-electron chi connectivity index (χ1n) is 10.8. The summed E-state index contributed by atoms with van der Waals surface area (Å²) in [5.74, 6) is -1.69. The number of pyridine rings is 1. The maximum absolute atomic E-state index is 13.7. The van der Waals surface area contributed by atoms with Crippen molar-refractivity contribution in [3.63, 3.8) is 0 Å². The lowest BCUT2D eigenvalue weighted by Crippen LogP contribution is -2.76. The van der Waals surface area contributed by atoms with Gasteiger partial charge in [-0.1, -0.05) is 19.1 Å². The Kier molecular flexibility index (Phi) is 5.12. The van der Waals surface area contributed by atoms with Crippen LogP contribution in [-0.2, 0) is 20.7 Å². The van der Waals surface area contributed by atoms with Gasteiger partial charge in [0.1, 0.15) is 0 Å². The lowest BCUT2D eigenvalue weighted by atomic mass is 9.66. The fourth-order valence-corrected chi connectivity index (χ4v) is 5.27. The Morgan fingerprint density at radius 3 is 2.50 bits per heavy atom. The molecule has 3 aliphatic rings. The second-order valence-electron chi connectivity index (χ2n) is 8.68. The molecule has 1 aromatic heterocycles. The van der Waals surface area contributed by atoms with Gasteiger partial charge in [-0.15, -0.1) is 0 Å². The highest BCUT2D eigenvalue weighted by Crippen LogP contribution is 2.49. The van der Waals surface area contributed by atoms with Gasteiger partial charge in [-0.25, -0.2) is 4.79 Å². The molecule has 34 heavy (non-hydrogen) atoms. The van der Waals surface area contributed by atoms with Crippen molar-refractivity contribution in [3.05, 3.63) is 48.3 Å². The molecule has 2 N–H and O–H groups in total. The summed E-state index contributed by atoms with van der Waals surface area (Å²) in [6.07, 6.45) is -4.51. The monoisotopic (exact) mass is 474 g/mol. The third-order valence-corrected chi connectivity index (χ3v) is 6.78. The molecule has 0 aliphatic carbocycles. The molecule has 3 aliphatic heterocycles.